The molecule has 0 amide bonds. The minimum absolute atomic E-state index is 0.814. The summed E-state index contributed by atoms with van der Waals surface area (Å²) >= 11 is 1.68. The van der Waals surface area contributed by atoms with Crippen molar-refractivity contribution in [3.63, 3.8) is 0 Å². The van der Waals surface area contributed by atoms with Gasteiger partial charge in [-0.15, -0.1) is 10.2 Å². The first-order chi connectivity index (χ1) is 12.2. The van der Waals surface area contributed by atoms with Crippen molar-refractivity contribution in [1.82, 2.24) is 14.8 Å². The van der Waals surface area contributed by atoms with Crippen LogP contribution in [0, 0.1) is 0 Å². The third kappa shape index (κ3) is 3.96. The van der Waals surface area contributed by atoms with Crippen LogP contribution in [0.1, 0.15) is 12.5 Å². The Labute approximate surface area is 152 Å². The lowest BCUT2D eigenvalue weighted by Gasteiger charge is -2.08. The van der Waals surface area contributed by atoms with Crippen LogP contribution in [-0.4, -0.2) is 29.0 Å². The number of hydrogen-bond donors (Lipinski definition) is 0. The van der Waals surface area contributed by atoms with E-state index in [0.717, 1.165) is 40.3 Å². The van der Waals surface area contributed by atoms with Crippen LogP contribution in [0.5, 0.6) is 11.5 Å². The Morgan fingerprint density at radius 3 is 2.40 bits per heavy atom. The Kier molecular flexibility index (Phi) is 5.60. The van der Waals surface area contributed by atoms with E-state index in [2.05, 4.69) is 27.8 Å². The van der Waals surface area contributed by atoms with Crippen LogP contribution in [0.15, 0.2) is 53.7 Å². The highest BCUT2D eigenvalue weighted by atomic mass is 32.2. The van der Waals surface area contributed by atoms with Crippen molar-refractivity contribution in [2.75, 3.05) is 14.2 Å². The summed E-state index contributed by atoms with van der Waals surface area (Å²) in [5, 5.41) is 9.68. The first-order valence-electron chi connectivity index (χ1n) is 8.08. The van der Waals surface area contributed by atoms with Crippen molar-refractivity contribution in [3.05, 3.63) is 54.1 Å². The Morgan fingerprint density at radius 2 is 1.72 bits per heavy atom. The predicted octanol–water partition coefficient (Wildman–Crippen LogP) is 4.27. The molecule has 130 valence electrons. The van der Waals surface area contributed by atoms with Crippen LogP contribution >= 0.6 is 11.8 Å². The fraction of sp³-hybridized carbons (Fsp3) is 0.263. The van der Waals surface area contributed by atoms with Gasteiger partial charge >= 0.3 is 0 Å². The van der Waals surface area contributed by atoms with Crippen LogP contribution < -0.4 is 9.47 Å². The van der Waals surface area contributed by atoms with Gasteiger partial charge in [-0.25, -0.2) is 0 Å². The number of ether oxygens (including phenoxy) is 2. The molecule has 2 aromatic carbocycles. The quantitative estimate of drug-likeness (QED) is 0.592. The molecule has 0 aliphatic carbocycles. The van der Waals surface area contributed by atoms with Gasteiger partial charge in [-0.1, -0.05) is 23.9 Å². The van der Waals surface area contributed by atoms with Gasteiger partial charge in [0.25, 0.3) is 0 Å². The van der Waals surface area contributed by atoms with Crippen molar-refractivity contribution >= 4 is 11.8 Å². The lowest BCUT2D eigenvalue weighted by molar-refractivity contribution is 0.414. The highest BCUT2D eigenvalue weighted by Gasteiger charge is 2.13. The molecule has 3 aromatic rings. The average molecular weight is 355 g/mol. The van der Waals surface area contributed by atoms with E-state index in [-0.39, 0.29) is 0 Å². The molecule has 3 rings (SSSR count). The van der Waals surface area contributed by atoms with E-state index in [0.29, 0.717) is 0 Å². The normalized spacial score (nSPS) is 10.7. The van der Waals surface area contributed by atoms with Gasteiger partial charge in [0.2, 0.25) is 0 Å². The largest absolute Gasteiger partial charge is 0.497 e. The molecule has 0 fully saturated rings. The SMILES string of the molecule is CCn1c(SCc2cccc(OC)c2)nnc1-c1ccc(OC)cc1. The van der Waals surface area contributed by atoms with E-state index in [9.17, 15) is 0 Å². The zero-order valence-electron chi connectivity index (χ0n) is 14.6. The molecule has 25 heavy (non-hydrogen) atoms. The van der Waals surface area contributed by atoms with E-state index in [1.807, 2.05) is 42.5 Å². The van der Waals surface area contributed by atoms with Crippen molar-refractivity contribution in [3.8, 4) is 22.9 Å². The summed E-state index contributed by atoms with van der Waals surface area (Å²) in [6.07, 6.45) is 0. The Morgan fingerprint density at radius 1 is 0.960 bits per heavy atom. The molecule has 0 saturated heterocycles. The van der Waals surface area contributed by atoms with Crippen molar-refractivity contribution in [1.29, 1.82) is 0 Å². The first kappa shape index (κ1) is 17.4. The van der Waals surface area contributed by atoms with Crippen LogP contribution in [0.25, 0.3) is 11.4 Å². The number of hydrogen-bond acceptors (Lipinski definition) is 5. The highest BCUT2D eigenvalue weighted by molar-refractivity contribution is 7.98. The molecule has 1 heterocycles. The summed E-state index contributed by atoms with van der Waals surface area (Å²) in [7, 11) is 3.35. The van der Waals surface area contributed by atoms with Gasteiger partial charge in [0.15, 0.2) is 11.0 Å². The maximum absolute atomic E-state index is 5.28. The zero-order chi connectivity index (χ0) is 17.6. The monoisotopic (exact) mass is 355 g/mol. The maximum Gasteiger partial charge on any atom is 0.191 e. The van der Waals surface area contributed by atoms with Gasteiger partial charge < -0.3 is 14.0 Å². The Bertz CT molecular complexity index is 831. The summed E-state index contributed by atoms with van der Waals surface area (Å²) in [5.41, 5.74) is 2.23. The fourth-order valence-corrected chi connectivity index (χ4v) is 3.49. The maximum atomic E-state index is 5.28. The van der Waals surface area contributed by atoms with Crippen LogP contribution in [0.2, 0.25) is 0 Å². The smallest absolute Gasteiger partial charge is 0.191 e. The third-order valence-corrected chi connectivity index (χ3v) is 4.92. The van der Waals surface area contributed by atoms with E-state index >= 15 is 0 Å². The van der Waals surface area contributed by atoms with Crippen molar-refractivity contribution in [2.45, 2.75) is 24.4 Å². The Balaban J connectivity index is 1.79. The van der Waals surface area contributed by atoms with E-state index in [1.165, 1.54) is 5.56 Å². The topological polar surface area (TPSA) is 49.2 Å². The Hall–Kier alpha value is -2.47. The van der Waals surface area contributed by atoms with Gasteiger partial charge in [0, 0.05) is 17.9 Å². The standard InChI is InChI=1S/C19H21N3O2S/c1-4-22-18(15-8-10-16(23-2)11-9-15)20-21-19(22)25-13-14-6-5-7-17(12-14)24-3/h5-12H,4,13H2,1-3H3. The molecule has 0 unspecified atom stereocenters. The van der Waals surface area contributed by atoms with Crippen molar-refractivity contribution < 1.29 is 9.47 Å². The molecule has 0 aliphatic rings. The molecule has 0 N–H and O–H groups in total. The van der Waals surface area contributed by atoms with E-state index in [4.69, 9.17) is 9.47 Å². The number of nitrogens with zero attached hydrogens (tertiary/aromatic N) is 3. The molecule has 1 aromatic heterocycles. The molecule has 0 atom stereocenters. The molecule has 6 heteroatoms. The summed E-state index contributed by atoms with van der Waals surface area (Å²) in [5.74, 6) is 3.39. The number of methoxy groups -OCH3 is 2. The second kappa shape index (κ2) is 8.07. The minimum Gasteiger partial charge on any atom is -0.497 e. The number of rotatable bonds is 7. The van der Waals surface area contributed by atoms with E-state index < -0.39 is 0 Å². The molecule has 0 saturated carbocycles. The molecular formula is C19H21N3O2S. The fourth-order valence-electron chi connectivity index (χ4n) is 2.54. The summed E-state index contributed by atoms with van der Waals surface area (Å²) in [4.78, 5) is 0. The molecule has 5 nitrogen and oxygen atoms in total. The lowest BCUT2D eigenvalue weighted by atomic mass is 10.2. The molecule has 0 aliphatic heterocycles. The summed E-state index contributed by atoms with van der Waals surface area (Å²) in [6.45, 7) is 2.92. The van der Waals surface area contributed by atoms with Crippen molar-refractivity contribution in [2.24, 2.45) is 0 Å². The number of benzene rings is 2. The van der Waals surface area contributed by atoms with Gasteiger partial charge in [-0.3, -0.25) is 0 Å². The lowest BCUT2D eigenvalue weighted by Crippen LogP contribution is -2.00. The van der Waals surface area contributed by atoms with Gasteiger partial charge in [0.05, 0.1) is 14.2 Å². The first-order valence-corrected chi connectivity index (χ1v) is 9.07. The molecule has 0 spiro atoms. The number of aromatic nitrogens is 3. The van der Waals surface area contributed by atoms with Gasteiger partial charge in [-0.2, -0.15) is 0 Å². The zero-order valence-corrected chi connectivity index (χ0v) is 15.4. The van der Waals surface area contributed by atoms with E-state index in [1.54, 1.807) is 26.0 Å². The average Bonchev–Trinajstić information content (AvgIpc) is 3.09. The minimum atomic E-state index is 0.814. The highest BCUT2D eigenvalue weighted by Crippen LogP contribution is 2.28. The van der Waals surface area contributed by atoms with Crippen LogP contribution in [0.3, 0.4) is 0 Å². The third-order valence-electron chi connectivity index (χ3n) is 3.88. The summed E-state index contributed by atoms with van der Waals surface area (Å²) in [6, 6.07) is 16.0. The molecular weight excluding hydrogens is 334 g/mol. The summed E-state index contributed by atoms with van der Waals surface area (Å²) < 4.78 is 12.6. The predicted molar refractivity (Wildman–Crippen MR) is 100 cm³/mol. The molecule has 0 bridgehead atoms. The number of thioether (sulfide) groups is 1. The van der Waals surface area contributed by atoms with Crippen LogP contribution in [0.4, 0.5) is 0 Å². The second-order valence-electron chi connectivity index (χ2n) is 5.42. The molecule has 0 radical (unpaired) electrons. The van der Waals surface area contributed by atoms with Gasteiger partial charge in [-0.05, 0) is 48.9 Å². The second-order valence-corrected chi connectivity index (χ2v) is 6.36. The van der Waals surface area contributed by atoms with Gasteiger partial charge in [0.1, 0.15) is 11.5 Å². The van der Waals surface area contributed by atoms with Crippen LogP contribution in [-0.2, 0) is 12.3 Å².